The van der Waals surface area contributed by atoms with Crippen molar-refractivity contribution in [3.8, 4) is 5.75 Å². The maximum absolute atomic E-state index is 12.7. The second-order valence-corrected chi connectivity index (χ2v) is 5.74. The molecule has 0 radical (unpaired) electrons. The molecule has 0 aromatic heterocycles. The fourth-order valence-electron chi connectivity index (χ4n) is 2.52. The summed E-state index contributed by atoms with van der Waals surface area (Å²) >= 11 is 0. The van der Waals surface area contributed by atoms with E-state index in [9.17, 15) is 4.79 Å². The van der Waals surface area contributed by atoms with Gasteiger partial charge in [-0.2, -0.15) is 0 Å². The SMILES string of the molecule is CCCCN(CCCC)C(C)C(=O)c1ccc(OC)c(N)c1. The highest BCUT2D eigenvalue weighted by atomic mass is 16.5. The first-order chi connectivity index (χ1) is 10.5. The van der Waals surface area contributed by atoms with Gasteiger partial charge in [-0.1, -0.05) is 26.7 Å². The molecule has 0 heterocycles. The zero-order chi connectivity index (χ0) is 16.5. The second kappa shape index (κ2) is 9.46. The van der Waals surface area contributed by atoms with Crippen molar-refractivity contribution in [1.82, 2.24) is 4.90 Å². The lowest BCUT2D eigenvalue weighted by atomic mass is 10.0. The van der Waals surface area contributed by atoms with E-state index in [2.05, 4.69) is 18.7 Å². The first-order valence-corrected chi connectivity index (χ1v) is 8.26. The molecule has 0 spiro atoms. The van der Waals surface area contributed by atoms with E-state index < -0.39 is 0 Å². The highest BCUT2D eigenvalue weighted by Crippen LogP contribution is 2.23. The van der Waals surface area contributed by atoms with Crippen molar-refractivity contribution < 1.29 is 9.53 Å². The molecule has 22 heavy (non-hydrogen) atoms. The highest BCUT2D eigenvalue weighted by Gasteiger charge is 2.22. The average molecular weight is 306 g/mol. The van der Waals surface area contributed by atoms with Crippen LogP contribution in [0.5, 0.6) is 5.75 Å². The van der Waals surface area contributed by atoms with Crippen LogP contribution in [0.1, 0.15) is 56.8 Å². The van der Waals surface area contributed by atoms with Gasteiger partial charge in [0.25, 0.3) is 0 Å². The third kappa shape index (κ3) is 5.02. The Morgan fingerprint density at radius 3 is 2.27 bits per heavy atom. The minimum Gasteiger partial charge on any atom is -0.495 e. The van der Waals surface area contributed by atoms with E-state index in [1.54, 1.807) is 25.3 Å². The number of carbonyl (C=O) groups is 1. The van der Waals surface area contributed by atoms with Crippen molar-refractivity contribution in [2.45, 2.75) is 52.5 Å². The van der Waals surface area contributed by atoms with Crippen molar-refractivity contribution >= 4 is 11.5 Å². The zero-order valence-corrected chi connectivity index (χ0v) is 14.4. The molecule has 0 aliphatic rings. The Labute approximate surface area is 134 Å². The predicted octanol–water partition coefficient (Wildman–Crippen LogP) is 3.75. The van der Waals surface area contributed by atoms with Crippen LogP contribution in [-0.2, 0) is 0 Å². The molecule has 0 bridgehead atoms. The van der Waals surface area contributed by atoms with Crippen LogP contribution in [0.2, 0.25) is 0 Å². The number of carbonyl (C=O) groups excluding carboxylic acids is 1. The Bertz CT molecular complexity index is 466. The van der Waals surface area contributed by atoms with E-state index in [0.29, 0.717) is 17.0 Å². The van der Waals surface area contributed by atoms with Crippen molar-refractivity contribution in [3.63, 3.8) is 0 Å². The molecule has 1 aromatic carbocycles. The molecule has 1 unspecified atom stereocenters. The third-order valence-corrected chi connectivity index (χ3v) is 4.04. The standard InChI is InChI=1S/C18H30N2O2/c1-5-7-11-20(12-8-6-2)14(3)18(21)15-9-10-17(22-4)16(19)13-15/h9-10,13-14H,5-8,11-12,19H2,1-4H3. The number of nitrogens with two attached hydrogens (primary N) is 1. The molecule has 0 fully saturated rings. The molecule has 124 valence electrons. The quantitative estimate of drug-likeness (QED) is 0.528. The number of benzene rings is 1. The Kier molecular flexibility index (Phi) is 7.96. The van der Waals surface area contributed by atoms with Crippen LogP contribution < -0.4 is 10.5 Å². The van der Waals surface area contributed by atoms with Crippen LogP contribution in [0, 0.1) is 0 Å². The van der Waals surface area contributed by atoms with Gasteiger partial charge in [0.05, 0.1) is 18.8 Å². The number of rotatable bonds is 10. The van der Waals surface area contributed by atoms with Crippen LogP contribution in [0.4, 0.5) is 5.69 Å². The van der Waals surface area contributed by atoms with E-state index in [1.807, 2.05) is 6.92 Å². The average Bonchev–Trinajstić information content (AvgIpc) is 2.53. The smallest absolute Gasteiger partial charge is 0.179 e. The summed E-state index contributed by atoms with van der Waals surface area (Å²) in [5.74, 6) is 0.736. The number of anilines is 1. The first-order valence-electron chi connectivity index (χ1n) is 8.26. The summed E-state index contributed by atoms with van der Waals surface area (Å²) in [6, 6.07) is 5.16. The van der Waals surface area contributed by atoms with E-state index >= 15 is 0 Å². The van der Waals surface area contributed by atoms with Gasteiger partial charge in [-0.25, -0.2) is 0 Å². The van der Waals surface area contributed by atoms with Gasteiger partial charge in [-0.05, 0) is 51.1 Å². The number of methoxy groups -OCH3 is 1. The summed E-state index contributed by atoms with van der Waals surface area (Å²) in [6.07, 6.45) is 4.51. The van der Waals surface area contributed by atoms with Crippen LogP contribution in [0.25, 0.3) is 0 Å². The van der Waals surface area contributed by atoms with E-state index in [1.165, 1.54) is 0 Å². The summed E-state index contributed by atoms with van der Waals surface area (Å²) < 4.78 is 5.15. The fraction of sp³-hybridized carbons (Fsp3) is 0.611. The second-order valence-electron chi connectivity index (χ2n) is 5.74. The van der Waals surface area contributed by atoms with Crippen LogP contribution in [-0.4, -0.2) is 36.9 Å². The zero-order valence-electron chi connectivity index (χ0n) is 14.4. The van der Waals surface area contributed by atoms with Crippen molar-refractivity contribution in [1.29, 1.82) is 0 Å². The van der Waals surface area contributed by atoms with Gasteiger partial charge >= 0.3 is 0 Å². The Morgan fingerprint density at radius 2 is 1.82 bits per heavy atom. The minimum atomic E-state index is -0.120. The summed E-state index contributed by atoms with van der Waals surface area (Å²) in [5.41, 5.74) is 7.08. The lowest BCUT2D eigenvalue weighted by molar-refractivity contribution is 0.0833. The van der Waals surface area contributed by atoms with Crippen molar-refractivity contribution in [2.75, 3.05) is 25.9 Å². The van der Waals surface area contributed by atoms with Gasteiger partial charge in [0.2, 0.25) is 0 Å². The highest BCUT2D eigenvalue weighted by molar-refractivity contribution is 6.00. The molecule has 1 rings (SSSR count). The van der Waals surface area contributed by atoms with Crippen LogP contribution >= 0.6 is 0 Å². The molecule has 4 heteroatoms. The van der Waals surface area contributed by atoms with Crippen LogP contribution in [0.15, 0.2) is 18.2 Å². The van der Waals surface area contributed by atoms with Gasteiger partial charge < -0.3 is 10.5 Å². The van der Waals surface area contributed by atoms with Gasteiger partial charge in [0, 0.05) is 5.56 Å². The van der Waals surface area contributed by atoms with E-state index in [4.69, 9.17) is 10.5 Å². The molecule has 0 aliphatic heterocycles. The Morgan fingerprint density at radius 1 is 1.23 bits per heavy atom. The number of hydrogen-bond acceptors (Lipinski definition) is 4. The van der Waals surface area contributed by atoms with Gasteiger partial charge in [-0.3, -0.25) is 9.69 Å². The number of ether oxygens (including phenoxy) is 1. The van der Waals surface area contributed by atoms with E-state index in [-0.39, 0.29) is 11.8 Å². The normalized spacial score (nSPS) is 12.4. The first kappa shape index (κ1) is 18.5. The molecule has 1 atom stereocenters. The predicted molar refractivity (Wildman–Crippen MR) is 92.6 cm³/mol. The van der Waals surface area contributed by atoms with Gasteiger partial charge in [0.1, 0.15) is 5.75 Å². The lowest BCUT2D eigenvalue weighted by Gasteiger charge is -2.28. The maximum atomic E-state index is 12.7. The summed E-state index contributed by atoms with van der Waals surface area (Å²) in [4.78, 5) is 15.0. The lowest BCUT2D eigenvalue weighted by Crippen LogP contribution is -2.40. The molecule has 0 saturated carbocycles. The number of unbranched alkanes of at least 4 members (excludes halogenated alkanes) is 2. The molecule has 0 aliphatic carbocycles. The minimum absolute atomic E-state index is 0.120. The number of hydrogen-bond donors (Lipinski definition) is 1. The number of nitrogen functional groups attached to an aromatic ring is 1. The maximum Gasteiger partial charge on any atom is 0.179 e. The largest absolute Gasteiger partial charge is 0.495 e. The summed E-state index contributed by atoms with van der Waals surface area (Å²) in [6.45, 7) is 8.28. The van der Waals surface area contributed by atoms with Gasteiger partial charge in [-0.15, -0.1) is 0 Å². The molecule has 1 aromatic rings. The summed E-state index contributed by atoms with van der Waals surface area (Å²) in [5, 5.41) is 0. The molecular weight excluding hydrogens is 276 g/mol. The molecule has 0 amide bonds. The number of ketones is 1. The summed E-state index contributed by atoms with van der Waals surface area (Å²) in [7, 11) is 1.58. The topological polar surface area (TPSA) is 55.6 Å². The number of nitrogens with zero attached hydrogens (tertiary/aromatic N) is 1. The molecule has 0 saturated heterocycles. The van der Waals surface area contributed by atoms with Crippen molar-refractivity contribution in [2.24, 2.45) is 0 Å². The molecular formula is C18H30N2O2. The van der Waals surface area contributed by atoms with Crippen molar-refractivity contribution in [3.05, 3.63) is 23.8 Å². The van der Waals surface area contributed by atoms with Gasteiger partial charge in [0.15, 0.2) is 5.78 Å². The number of Topliss-reactive ketones (excluding diaryl/α,β-unsaturated/α-hetero) is 1. The Balaban J connectivity index is 2.84. The van der Waals surface area contributed by atoms with Crippen LogP contribution in [0.3, 0.4) is 0 Å². The molecule has 4 nitrogen and oxygen atoms in total. The van der Waals surface area contributed by atoms with E-state index in [0.717, 1.165) is 38.8 Å². The fourth-order valence-corrected chi connectivity index (χ4v) is 2.52. The molecule has 2 N–H and O–H groups in total. The third-order valence-electron chi connectivity index (χ3n) is 4.04. The monoisotopic (exact) mass is 306 g/mol. The Hall–Kier alpha value is -1.55.